The van der Waals surface area contributed by atoms with E-state index >= 15 is 0 Å². The number of Topliss-reactive ketones (excluding diaryl/α,β-unsaturated/α-hetero) is 3. The molecule has 0 spiro atoms. The van der Waals surface area contributed by atoms with E-state index in [0.29, 0.717) is 12.2 Å². The Kier molecular flexibility index (Phi) is 10.7. The van der Waals surface area contributed by atoms with Gasteiger partial charge in [0, 0.05) is 0 Å². The number of allylic oxidation sites excluding steroid dienone is 1. The van der Waals surface area contributed by atoms with Crippen molar-refractivity contribution in [2.24, 2.45) is 5.92 Å². The molecule has 3 rings (SSSR count). The zero-order chi connectivity index (χ0) is 26.7. The number of ketones is 3. The molecule has 0 heterocycles. The van der Waals surface area contributed by atoms with Gasteiger partial charge in [-0.3, -0.25) is 14.4 Å². The summed E-state index contributed by atoms with van der Waals surface area (Å²) in [7, 11) is 0. The van der Waals surface area contributed by atoms with Gasteiger partial charge in [0.1, 0.15) is 42.1 Å². The van der Waals surface area contributed by atoms with Gasteiger partial charge in [-0.2, -0.15) is 0 Å². The number of carbonyl (C=O) groups is 3. The number of terminal acetylenes is 2. The Morgan fingerprint density at radius 1 is 0.917 bits per heavy atom. The van der Waals surface area contributed by atoms with Crippen LogP contribution in [0.3, 0.4) is 0 Å². The first-order valence-corrected chi connectivity index (χ1v) is 11.7. The minimum atomic E-state index is -0.553. The maximum atomic E-state index is 11.7. The lowest BCUT2D eigenvalue weighted by molar-refractivity contribution is -0.130. The summed E-state index contributed by atoms with van der Waals surface area (Å²) in [6.07, 6.45) is 12.4. The Morgan fingerprint density at radius 3 is 2.00 bits per heavy atom. The first kappa shape index (κ1) is 28.1. The van der Waals surface area contributed by atoms with E-state index in [4.69, 9.17) is 22.3 Å². The first-order chi connectivity index (χ1) is 17.2. The summed E-state index contributed by atoms with van der Waals surface area (Å²) in [6.45, 7) is 9.00. The number of rotatable bonds is 9. The van der Waals surface area contributed by atoms with Gasteiger partial charge >= 0.3 is 0 Å². The number of carbonyl (C=O) groups excluding carboxylic acids is 3. The average Bonchev–Trinajstić information content (AvgIpc) is 2.85. The normalized spacial score (nSPS) is 13.8. The van der Waals surface area contributed by atoms with Crippen LogP contribution < -0.4 is 9.47 Å². The molecule has 5 heteroatoms. The van der Waals surface area contributed by atoms with Gasteiger partial charge in [0.25, 0.3) is 0 Å². The van der Waals surface area contributed by atoms with Crippen LogP contribution in [0.1, 0.15) is 49.8 Å². The standard InChI is InChI=1S/C16H16O2.C15H16O3/c1-4-9-18-14-7-8-15-13(10-14)6-5-11(2)16(15)12(3)17;1-4-9-18-14-7-5-13(6-8-14)10-15(11(2)16)12(3)17/h1,7-8,10,16H,2,5-6,9H2,3H3;1,5-8,15H,9-10H2,2-3H3. The van der Waals surface area contributed by atoms with Gasteiger partial charge in [-0.15, -0.1) is 12.8 Å². The highest BCUT2D eigenvalue weighted by molar-refractivity contribution is 6.00. The predicted molar refractivity (Wildman–Crippen MR) is 141 cm³/mol. The molecule has 0 aliphatic heterocycles. The van der Waals surface area contributed by atoms with Crippen molar-refractivity contribution in [2.75, 3.05) is 13.2 Å². The molecule has 1 aliphatic carbocycles. The molecule has 0 saturated carbocycles. The number of benzene rings is 2. The third-order valence-corrected chi connectivity index (χ3v) is 5.94. The number of hydrogen-bond acceptors (Lipinski definition) is 5. The Bertz CT molecular complexity index is 1180. The largest absolute Gasteiger partial charge is 0.481 e. The summed E-state index contributed by atoms with van der Waals surface area (Å²) in [6, 6.07) is 13.0. The molecule has 1 aliphatic rings. The van der Waals surface area contributed by atoms with Crippen LogP contribution in [0.25, 0.3) is 0 Å². The van der Waals surface area contributed by atoms with E-state index in [9.17, 15) is 14.4 Å². The molecule has 0 aromatic heterocycles. The van der Waals surface area contributed by atoms with Crippen LogP contribution in [0.15, 0.2) is 54.6 Å². The topological polar surface area (TPSA) is 69.7 Å². The van der Waals surface area contributed by atoms with Crippen LogP contribution in [-0.2, 0) is 27.2 Å². The smallest absolute Gasteiger partial charge is 0.148 e. The molecule has 0 radical (unpaired) electrons. The van der Waals surface area contributed by atoms with Gasteiger partial charge in [0.2, 0.25) is 0 Å². The van der Waals surface area contributed by atoms with Crippen molar-refractivity contribution in [3.63, 3.8) is 0 Å². The maximum absolute atomic E-state index is 11.7. The summed E-state index contributed by atoms with van der Waals surface area (Å²) in [5, 5.41) is 0. The summed E-state index contributed by atoms with van der Waals surface area (Å²) >= 11 is 0. The molecule has 2 aromatic carbocycles. The highest BCUT2D eigenvalue weighted by Gasteiger charge is 2.27. The van der Waals surface area contributed by atoms with Crippen molar-refractivity contribution in [2.45, 2.75) is 46.0 Å². The van der Waals surface area contributed by atoms with Crippen LogP contribution in [0.5, 0.6) is 11.5 Å². The lowest BCUT2D eigenvalue weighted by Gasteiger charge is -2.26. The number of fused-ring (bicyclic) bond motifs is 1. The average molecular weight is 485 g/mol. The third-order valence-electron chi connectivity index (χ3n) is 5.94. The van der Waals surface area contributed by atoms with Crippen LogP contribution in [0.2, 0.25) is 0 Å². The van der Waals surface area contributed by atoms with Crippen molar-refractivity contribution in [3.05, 3.63) is 71.3 Å². The molecule has 1 unspecified atom stereocenters. The number of hydrogen-bond donors (Lipinski definition) is 0. The van der Waals surface area contributed by atoms with Crippen molar-refractivity contribution >= 4 is 17.3 Å². The molecule has 2 aromatic rings. The second-order valence-corrected chi connectivity index (χ2v) is 8.67. The van der Waals surface area contributed by atoms with Crippen molar-refractivity contribution in [3.8, 4) is 36.2 Å². The van der Waals surface area contributed by atoms with E-state index in [0.717, 1.165) is 40.9 Å². The van der Waals surface area contributed by atoms with E-state index in [1.54, 1.807) is 19.1 Å². The van der Waals surface area contributed by atoms with Crippen molar-refractivity contribution in [1.29, 1.82) is 0 Å². The van der Waals surface area contributed by atoms with Gasteiger partial charge < -0.3 is 9.47 Å². The molecular formula is C31H32O5. The molecule has 0 fully saturated rings. The maximum Gasteiger partial charge on any atom is 0.148 e. The van der Waals surface area contributed by atoms with Crippen LogP contribution in [-0.4, -0.2) is 30.6 Å². The first-order valence-electron chi connectivity index (χ1n) is 11.7. The zero-order valence-corrected chi connectivity index (χ0v) is 21.1. The Morgan fingerprint density at radius 2 is 1.47 bits per heavy atom. The summed E-state index contributed by atoms with van der Waals surface area (Å²) < 4.78 is 10.6. The molecule has 0 bridgehead atoms. The quantitative estimate of drug-likeness (QED) is 0.287. The Balaban J connectivity index is 0.000000254. The second kappa shape index (κ2) is 13.7. The van der Waals surface area contributed by atoms with E-state index < -0.39 is 5.92 Å². The summed E-state index contributed by atoms with van der Waals surface area (Å²) in [5.41, 5.74) is 4.16. The predicted octanol–water partition coefficient (Wildman–Crippen LogP) is 4.91. The summed E-state index contributed by atoms with van der Waals surface area (Å²) in [5.74, 6) is 5.50. The summed E-state index contributed by atoms with van der Waals surface area (Å²) in [4.78, 5) is 34.4. The minimum absolute atomic E-state index is 0.102. The lowest BCUT2D eigenvalue weighted by Crippen LogP contribution is -2.21. The van der Waals surface area contributed by atoms with Crippen LogP contribution >= 0.6 is 0 Å². The van der Waals surface area contributed by atoms with E-state index in [1.165, 1.54) is 13.8 Å². The molecule has 0 N–H and O–H groups in total. The molecule has 186 valence electrons. The second-order valence-electron chi connectivity index (χ2n) is 8.67. The van der Waals surface area contributed by atoms with Gasteiger partial charge in [0.15, 0.2) is 0 Å². The Hall–Kier alpha value is -4.09. The van der Waals surface area contributed by atoms with E-state index in [-0.39, 0.29) is 36.5 Å². The molecule has 36 heavy (non-hydrogen) atoms. The van der Waals surface area contributed by atoms with E-state index in [2.05, 4.69) is 18.4 Å². The van der Waals surface area contributed by atoms with Crippen molar-refractivity contribution < 1.29 is 23.9 Å². The third kappa shape index (κ3) is 8.00. The molecule has 5 nitrogen and oxygen atoms in total. The number of aryl methyl sites for hydroxylation is 1. The lowest BCUT2D eigenvalue weighted by atomic mass is 9.78. The SMILES string of the molecule is C#CCOc1ccc(CC(C(C)=O)C(C)=O)cc1.C#CCOc1ccc2c(c1)CCC(=C)C2C(C)=O. The monoisotopic (exact) mass is 484 g/mol. The molecule has 0 amide bonds. The molecular weight excluding hydrogens is 452 g/mol. The fourth-order valence-electron chi connectivity index (χ4n) is 4.12. The fraction of sp³-hybridized carbons (Fsp3) is 0.323. The van der Waals surface area contributed by atoms with Gasteiger partial charge in [-0.25, -0.2) is 0 Å². The molecule has 1 atom stereocenters. The van der Waals surface area contributed by atoms with E-state index in [1.807, 2.05) is 30.3 Å². The Labute approximate surface area is 213 Å². The minimum Gasteiger partial charge on any atom is -0.481 e. The van der Waals surface area contributed by atoms with Crippen molar-refractivity contribution in [1.82, 2.24) is 0 Å². The van der Waals surface area contributed by atoms with Gasteiger partial charge in [-0.1, -0.05) is 42.2 Å². The van der Waals surface area contributed by atoms with Crippen LogP contribution in [0, 0.1) is 30.6 Å². The highest BCUT2D eigenvalue weighted by atomic mass is 16.5. The number of ether oxygens (including phenoxy) is 2. The fourth-order valence-corrected chi connectivity index (χ4v) is 4.12. The van der Waals surface area contributed by atoms with Gasteiger partial charge in [0.05, 0.1) is 11.8 Å². The van der Waals surface area contributed by atoms with Crippen LogP contribution in [0.4, 0.5) is 0 Å². The van der Waals surface area contributed by atoms with Gasteiger partial charge in [-0.05, 0) is 81.0 Å². The molecule has 0 saturated heterocycles. The zero-order valence-electron chi connectivity index (χ0n) is 21.1. The highest BCUT2D eigenvalue weighted by Crippen LogP contribution is 2.37.